The Hall–Kier alpha value is -0.630. The van der Waals surface area contributed by atoms with E-state index in [0.717, 1.165) is 45.3 Å². The van der Waals surface area contributed by atoms with Gasteiger partial charge in [-0.15, -0.1) is 0 Å². The molecular weight excluding hydrogens is 202 g/mol. The molecule has 90 valence electrons. The van der Waals surface area contributed by atoms with Crippen LogP contribution in [0.4, 0.5) is 0 Å². The van der Waals surface area contributed by atoms with Gasteiger partial charge in [0.25, 0.3) is 0 Å². The van der Waals surface area contributed by atoms with Crippen molar-refractivity contribution in [2.45, 2.75) is 19.4 Å². The van der Waals surface area contributed by atoms with E-state index < -0.39 is 0 Å². The van der Waals surface area contributed by atoms with Crippen LogP contribution in [0.3, 0.4) is 0 Å². The molecule has 2 unspecified atom stereocenters. The first-order chi connectivity index (χ1) is 7.79. The van der Waals surface area contributed by atoms with Gasteiger partial charge < -0.3 is 9.64 Å². The van der Waals surface area contributed by atoms with E-state index in [0.29, 0.717) is 0 Å². The Bertz CT molecular complexity index is 249. The van der Waals surface area contributed by atoms with E-state index in [1.807, 2.05) is 6.92 Å². The minimum absolute atomic E-state index is 0.0666. The standard InChI is InChI=1S/C12H21N3O/c1-11(8-13)15-5-3-14(4-6-15)9-12-2-7-16-10-12/h11-12H,2-7,9-10H2,1H3. The maximum Gasteiger partial charge on any atom is 0.0950 e. The van der Waals surface area contributed by atoms with Crippen LogP contribution in [0.15, 0.2) is 0 Å². The number of piperazine rings is 1. The number of nitriles is 1. The molecule has 0 N–H and O–H groups in total. The first kappa shape index (κ1) is 11.8. The summed E-state index contributed by atoms with van der Waals surface area (Å²) in [5.74, 6) is 0.736. The summed E-state index contributed by atoms with van der Waals surface area (Å²) in [7, 11) is 0. The largest absolute Gasteiger partial charge is 0.381 e. The zero-order valence-corrected chi connectivity index (χ0v) is 10.1. The Balaban J connectivity index is 1.70. The molecule has 0 aromatic rings. The van der Waals surface area contributed by atoms with E-state index in [1.165, 1.54) is 13.0 Å². The van der Waals surface area contributed by atoms with E-state index in [1.54, 1.807) is 0 Å². The summed E-state index contributed by atoms with van der Waals surface area (Å²) in [6.07, 6.45) is 1.22. The molecule has 2 heterocycles. The molecule has 0 bridgehead atoms. The number of hydrogen-bond donors (Lipinski definition) is 0. The Labute approximate surface area is 97.8 Å². The highest BCUT2D eigenvalue weighted by Crippen LogP contribution is 2.15. The summed E-state index contributed by atoms with van der Waals surface area (Å²) in [5, 5.41) is 8.86. The van der Waals surface area contributed by atoms with Gasteiger partial charge in [-0.25, -0.2) is 0 Å². The SMILES string of the molecule is CC(C#N)N1CCN(CC2CCOC2)CC1. The predicted molar refractivity (Wildman–Crippen MR) is 62.0 cm³/mol. The fourth-order valence-corrected chi connectivity index (χ4v) is 2.51. The van der Waals surface area contributed by atoms with Crippen LogP contribution in [0.25, 0.3) is 0 Å². The smallest absolute Gasteiger partial charge is 0.0950 e. The van der Waals surface area contributed by atoms with Gasteiger partial charge in [0, 0.05) is 39.3 Å². The lowest BCUT2D eigenvalue weighted by molar-refractivity contribution is 0.101. The first-order valence-electron chi connectivity index (χ1n) is 6.23. The minimum atomic E-state index is 0.0666. The van der Waals surface area contributed by atoms with Gasteiger partial charge in [-0.05, 0) is 19.3 Å². The van der Waals surface area contributed by atoms with E-state index in [2.05, 4.69) is 15.9 Å². The molecule has 0 spiro atoms. The number of rotatable bonds is 3. The zero-order chi connectivity index (χ0) is 11.4. The molecule has 0 radical (unpaired) electrons. The van der Waals surface area contributed by atoms with Gasteiger partial charge in [-0.3, -0.25) is 4.90 Å². The number of hydrogen-bond acceptors (Lipinski definition) is 4. The Morgan fingerprint density at radius 2 is 2.12 bits per heavy atom. The molecule has 0 aliphatic carbocycles. The second-order valence-corrected chi connectivity index (χ2v) is 4.87. The van der Waals surface area contributed by atoms with Crippen LogP contribution in [0.1, 0.15) is 13.3 Å². The van der Waals surface area contributed by atoms with E-state index in [4.69, 9.17) is 10.00 Å². The van der Waals surface area contributed by atoms with Crippen molar-refractivity contribution in [1.82, 2.24) is 9.80 Å². The summed E-state index contributed by atoms with van der Waals surface area (Å²) in [6, 6.07) is 2.38. The van der Waals surface area contributed by atoms with Crippen molar-refractivity contribution in [3.63, 3.8) is 0 Å². The van der Waals surface area contributed by atoms with Crippen molar-refractivity contribution >= 4 is 0 Å². The van der Waals surface area contributed by atoms with Crippen molar-refractivity contribution < 1.29 is 4.74 Å². The van der Waals surface area contributed by atoms with Gasteiger partial charge in [0.1, 0.15) is 0 Å². The molecule has 0 aromatic carbocycles. The van der Waals surface area contributed by atoms with Crippen LogP contribution in [0, 0.1) is 17.2 Å². The average Bonchev–Trinajstić information content (AvgIpc) is 2.82. The van der Waals surface area contributed by atoms with Crippen molar-refractivity contribution in [2.75, 3.05) is 45.9 Å². The highest BCUT2D eigenvalue weighted by Gasteiger charge is 2.24. The summed E-state index contributed by atoms with van der Waals surface area (Å²) in [4.78, 5) is 4.78. The lowest BCUT2D eigenvalue weighted by Gasteiger charge is -2.36. The molecule has 2 aliphatic heterocycles. The maximum atomic E-state index is 8.86. The van der Waals surface area contributed by atoms with Crippen LogP contribution in [-0.2, 0) is 4.74 Å². The van der Waals surface area contributed by atoms with Crippen LogP contribution in [0.5, 0.6) is 0 Å². The summed E-state index contributed by atoms with van der Waals surface area (Å²) in [6.45, 7) is 9.30. The highest BCUT2D eigenvalue weighted by atomic mass is 16.5. The number of ether oxygens (including phenoxy) is 1. The lowest BCUT2D eigenvalue weighted by atomic mass is 10.1. The van der Waals surface area contributed by atoms with Gasteiger partial charge in [0.05, 0.1) is 18.7 Å². The van der Waals surface area contributed by atoms with Crippen molar-refractivity contribution in [3.8, 4) is 6.07 Å². The van der Waals surface area contributed by atoms with Crippen LogP contribution < -0.4 is 0 Å². The fourth-order valence-electron chi connectivity index (χ4n) is 2.51. The van der Waals surface area contributed by atoms with Crippen LogP contribution in [0.2, 0.25) is 0 Å². The van der Waals surface area contributed by atoms with Crippen molar-refractivity contribution in [3.05, 3.63) is 0 Å². The molecule has 0 aromatic heterocycles. The molecule has 2 saturated heterocycles. The quantitative estimate of drug-likeness (QED) is 0.700. The summed E-state index contributed by atoms with van der Waals surface area (Å²) in [5.41, 5.74) is 0. The number of nitrogens with zero attached hydrogens (tertiary/aromatic N) is 3. The normalized spacial score (nSPS) is 30.1. The second kappa shape index (κ2) is 5.62. The first-order valence-corrected chi connectivity index (χ1v) is 6.23. The lowest BCUT2D eigenvalue weighted by Crippen LogP contribution is -2.50. The maximum absolute atomic E-state index is 8.86. The second-order valence-electron chi connectivity index (χ2n) is 4.87. The minimum Gasteiger partial charge on any atom is -0.381 e. The van der Waals surface area contributed by atoms with Gasteiger partial charge in [0.2, 0.25) is 0 Å². The summed E-state index contributed by atoms with van der Waals surface area (Å²) >= 11 is 0. The molecule has 0 saturated carbocycles. The monoisotopic (exact) mass is 223 g/mol. The molecule has 2 fully saturated rings. The average molecular weight is 223 g/mol. The predicted octanol–water partition coefficient (Wildman–Crippen LogP) is 0.553. The van der Waals surface area contributed by atoms with Gasteiger partial charge in [-0.2, -0.15) is 5.26 Å². The molecule has 0 amide bonds. The third-order valence-corrected chi connectivity index (χ3v) is 3.68. The Morgan fingerprint density at radius 3 is 2.69 bits per heavy atom. The Kier molecular flexibility index (Phi) is 4.16. The van der Waals surface area contributed by atoms with E-state index in [-0.39, 0.29) is 6.04 Å². The third kappa shape index (κ3) is 2.94. The molecule has 2 aliphatic rings. The fraction of sp³-hybridized carbons (Fsp3) is 0.917. The molecule has 2 atom stereocenters. The van der Waals surface area contributed by atoms with E-state index in [9.17, 15) is 0 Å². The zero-order valence-electron chi connectivity index (χ0n) is 10.1. The van der Waals surface area contributed by atoms with Crippen LogP contribution >= 0.6 is 0 Å². The van der Waals surface area contributed by atoms with Crippen molar-refractivity contribution in [2.24, 2.45) is 5.92 Å². The Morgan fingerprint density at radius 1 is 1.38 bits per heavy atom. The third-order valence-electron chi connectivity index (χ3n) is 3.68. The van der Waals surface area contributed by atoms with E-state index >= 15 is 0 Å². The molecular formula is C12H21N3O. The molecule has 4 nitrogen and oxygen atoms in total. The molecule has 2 rings (SSSR count). The molecule has 16 heavy (non-hydrogen) atoms. The van der Waals surface area contributed by atoms with Gasteiger partial charge in [0.15, 0.2) is 0 Å². The summed E-state index contributed by atoms with van der Waals surface area (Å²) < 4.78 is 5.40. The van der Waals surface area contributed by atoms with Crippen molar-refractivity contribution in [1.29, 1.82) is 5.26 Å². The topological polar surface area (TPSA) is 39.5 Å². The molecule has 4 heteroatoms. The van der Waals surface area contributed by atoms with Gasteiger partial charge in [-0.1, -0.05) is 0 Å². The van der Waals surface area contributed by atoms with Gasteiger partial charge >= 0.3 is 0 Å². The van der Waals surface area contributed by atoms with Crippen LogP contribution in [-0.4, -0.2) is 61.8 Å². The highest BCUT2D eigenvalue weighted by molar-refractivity contribution is 4.90.